The van der Waals surface area contributed by atoms with Gasteiger partial charge in [0.2, 0.25) is 17.7 Å². The summed E-state index contributed by atoms with van der Waals surface area (Å²) >= 11 is 1.67. The maximum atomic E-state index is 14.5. The molecule has 0 radical (unpaired) electrons. The van der Waals surface area contributed by atoms with Gasteiger partial charge >= 0.3 is 0 Å². The van der Waals surface area contributed by atoms with Gasteiger partial charge in [-0.3, -0.25) is 14.4 Å². The molecule has 6 atom stereocenters. The van der Waals surface area contributed by atoms with Crippen molar-refractivity contribution in [3.63, 3.8) is 0 Å². The van der Waals surface area contributed by atoms with Crippen LogP contribution in [-0.2, 0) is 14.4 Å². The van der Waals surface area contributed by atoms with Crippen LogP contribution in [0.25, 0.3) is 0 Å². The molecule has 1 N–H and O–H groups in total. The topological polar surface area (TPSA) is 81.2 Å². The van der Waals surface area contributed by atoms with Gasteiger partial charge < -0.3 is 19.8 Å². The van der Waals surface area contributed by atoms with E-state index in [4.69, 9.17) is 0 Å². The predicted octanol–water partition coefficient (Wildman–Crippen LogP) is 4.52. The third kappa shape index (κ3) is 5.25. The van der Waals surface area contributed by atoms with E-state index in [-0.39, 0.29) is 35.5 Å². The molecular formula is C32H45N3O4S. The quantitative estimate of drug-likeness (QED) is 0.264. The van der Waals surface area contributed by atoms with Gasteiger partial charge in [0.1, 0.15) is 6.04 Å². The summed E-state index contributed by atoms with van der Waals surface area (Å²) in [5.74, 6) is -1.54. The summed E-state index contributed by atoms with van der Waals surface area (Å²) in [6.07, 6.45) is 7.87. The number of nitrogens with zero attached hydrogens (tertiary/aromatic N) is 3. The van der Waals surface area contributed by atoms with Gasteiger partial charge in [-0.15, -0.1) is 24.9 Å². The summed E-state index contributed by atoms with van der Waals surface area (Å²) in [7, 11) is 0. The number of benzene rings is 1. The molecule has 0 aliphatic carbocycles. The first-order chi connectivity index (χ1) is 19.3. The number of likely N-dealkylation sites (tertiary alicyclic amines) is 1. The van der Waals surface area contributed by atoms with E-state index in [9.17, 15) is 19.5 Å². The van der Waals surface area contributed by atoms with Crippen LogP contribution >= 0.6 is 11.8 Å². The molecule has 0 saturated carbocycles. The molecule has 7 nitrogen and oxygen atoms in total. The first-order valence-corrected chi connectivity index (χ1v) is 15.6. The third-order valence-corrected chi connectivity index (χ3v) is 10.9. The van der Waals surface area contributed by atoms with Crippen LogP contribution in [0.15, 0.2) is 55.6 Å². The van der Waals surface area contributed by atoms with Crippen molar-refractivity contribution in [3.8, 4) is 0 Å². The Morgan fingerprint density at radius 1 is 1.15 bits per heavy atom. The number of anilines is 1. The molecule has 40 heavy (non-hydrogen) atoms. The number of carbonyl (C=O) groups excluding carboxylic acids is 3. The van der Waals surface area contributed by atoms with Crippen LogP contribution in [0, 0.1) is 17.8 Å². The molecule has 218 valence electrons. The second kappa shape index (κ2) is 12.9. The molecule has 3 fully saturated rings. The standard InChI is InChI=1S/C32H45N3O4S/c1-6-9-13-20-33(18-7-2)31(39)28-32-17-16-25(40-32)26(27(32)30(38)35(28)24(21-36)22(4)5)29(37)34(19-8-3)23-14-11-10-12-15-23/h7-8,10-12,14-15,22,24-28,36H,2-3,6,9,13,16-21H2,1,4-5H3/t24-,25+,26-,27-,28?,32?/m0/s1. The molecule has 1 spiro atoms. The van der Waals surface area contributed by atoms with Gasteiger partial charge in [0.15, 0.2) is 0 Å². The first-order valence-electron chi connectivity index (χ1n) is 14.7. The van der Waals surface area contributed by atoms with E-state index in [0.717, 1.165) is 31.4 Å². The van der Waals surface area contributed by atoms with Crippen LogP contribution in [0.2, 0.25) is 0 Å². The maximum Gasteiger partial charge on any atom is 0.247 e. The van der Waals surface area contributed by atoms with E-state index in [1.54, 1.807) is 33.7 Å². The maximum absolute atomic E-state index is 14.5. The Balaban J connectivity index is 1.77. The summed E-state index contributed by atoms with van der Waals surface area (Å²) in [5.41, 5.74) is 0.771. The van der Waals surface area contributed by atoms with Crippen LogP contribution in [0.1, 0.15) is 52.9 Å². The first kappa shape index (κ1) is 30.4. The Labute approximate surface area is 243 Å². The molecule has 4 rings (SSSR count). The van der Waals surface area contributed by atoms with E-state index in [2.05, 4.69) is 20.1 Å². The van der Waals surface area contributed by atoms with Gasteiger partial charge in [0, 0.05) is 30.6 Å². The number of fused-ring (bicyclic) bond motifs is 1. The molecule has 3 aliphatic rings. The lowest BCUT2D eigenvalue weighted by Gasteiger charge is -2.40. The molecule has 3 aliphatic heterocycles. The molecule has 2 bridgehead atoms. The highest BCUT2D eigenvalue weighted by molar-refractivity contribution is 8.02. The summed E-state index contributed by atoms with van der Waals surface area (Å²) < 4.78 is -0.692. The summed E-state index contributed by atoms with van der Waals surface area (Å²) in [6, 6.07) is 8.28. The molecular weight excluding hydrogens is 522 g/mol. The Bertz CT molecular complexity index is 1090. The average Bonchev–Trinajstić information content (AvgIpc) is 3.59. The van der Waals surface area contributed by atoms with Crippen molar-refractivity contribution in [3.05, 3.63) is 55.6 Å². The van der Waals surface area contributed by atoms with E-state index in [0.29, 0.717) is 26.1 Å². The predicted molar refractivity (Wildman–Crippen MR) is 162 cm³/mol. The van der Waals surface area contributed by atoms with Crippen molar-refractivity contribution in [2.45, 2.75) is 75.0 Å². The zero-order valence-electron chi connectivity index (χ0n) is 24.2. The lowest BCUT2D eigenvalue weighted by molar-refractivity contribution is -0.146. The van der Waals surface area contributed by atoms with E-state index in [1.165, 1.54) is 0 Å². The SMILES string of the molecule is C=CCN(CCCCC)C(=O)C1N([C@@H](CO)C(C)C)C(=O)[C@@H]2[C@@H](C(=O)N(CC=C)c3ccccc3)[C@H]3CCC12S3. The van der Waals surface area contributed by atoms with Gasteiger partial charge in [-0.2, -0.15) is 0 Å². The van der Waals surface area contributed by atoms with Crippen molar-refractivity contribution in [2.75, 3.05) is 31.1 Å². The molecule has 1 aromatic rings. The van der Waals surface area contributed by atoms with Crippen LogP contribution in [0.4, 0.5) is 5.69 Å². The fourth-order valence-corrected chi connectivity index (χ4v) is 9.23. The zero-order valence-corrected chi connectivity index (χ0v) is 25.0. The highest BCUT2D eigenvalue weighted by atomic mass is 32.2. The minimum absolute atomic E-state index is 0.0329. The average molecular weight is 568 g/mol. The highest BCUT2D eigenvalue weighted by Crippen LogP contribution is 2.67. The van der Waals surface area contributed by atoms with E-state index in [1.807, 2.05) is 49.1 Å². The van der Waals surface area contributed by atoms with Gasteiger partial charge in [0.25, 0.3) is 0 Å². The number of rotatable bonds is 14. The minimum atomic E-state index is -0.719. The fraction of sp³-hybridized carbons (Fsp3) is 0.594. The van der Waals surface area contributed by atoms with Crippen LogP contribution in [0.5, 0.6) is 0 Å². The lowest BCUT2D eigenvalue weighted by atomic mass is 9.70. The second-order valence-electron chi connectivity index (χ2n) is 11.6. The van der Waals surface area contributed by atoms with Crippen molar-refractivity contribution < 1.29 is 19.5 Å². The smallest absolute Gasteiger partial charge is 0.247 e. The number of unbranched alkanes of at least 4 members (excludes halogenated alkanes) is 2. The third-order valence-electron chi connectivity index (χ3n) is 8.91. The number of hydrogen-bond donors (Lipinski definition) is 1. The summed E-state index contributed by atoms with van der Waals surface area (Å²) in [4.78, 5) is 48.5. The van der Waals surface area contributed by atoms with Crippen LogP contribution in [0.3, 0.4) is 0 Å². The molecule has 3 heterocycles. The Morgan fingerprint density at radius 3 is 2.45 bits per heavy atom. The molecule has 2 unspecified atom stereocenters. The molecule has 8 heteroatoms. The van der Waals surface area contributed by atoms with E-state index >= 15 is 0 Å². The fourth-order valence-electron chi connectivity index (χ4n) is 7.04. The lowest BCUT2D eigenvalue weighted by Crippen LogP contribution is -2.58. The number of aliphatic hydroxyl groups is 1. The van der Waals surface area contributed by atoms with Gasteiger partial charge in [-0.1, -0.05) is 64.0 Å². The molecule has 1 aromatic carbocycles. The molecule has 3 saturated heterocycles. The van der Waals surface area contributed by atoms with Crippen LogP contribution in [-0.4, -0.2) is 80.9 Å². The summed E-state index contributed by atoms with van der Waals surface area (Å²) in [6.45, 7) is 14.9. The van der Waals surface area contributed by atoms with Crippen molar-refractivity contribution in [1.82, 2.24) is 9.80 Å². The van der Waals surface area contributed by atoms with Gasteiger partial charge in [-0.05, 0) is 37.3 Å². The van der Waals surface area contributed by atoms with Gasteiger partial charge in [-0.25, -0.2) is 0 Å². The highest BCUT2D eigenvalue weighted by Gasteiger charge is 2.74. The number of hydrogen-bond acceptors (Lipinski definition) is 5. The van der Waals surface area contributed by atoms with Crippen LogP contribution < -0.4 is 4.90 Å². The molecule has 3 amide bonds. The minimum Gasteiger partial charge on any atom is -0.394 e. The number of aliphatic hydroxyl groups excluding tert-OH is 1. The largest absolute Gasteiger partial charge is 0.394 e. The van der Waals surface area contributed by atoms with Crippen molar-refractivity contribution in [1.29, 1.82) is 0 Å². The van der Waals surface area contributed by atoms with Crippen molar-refractivity contribution in [2.24, 2.45) is 17.8 Å². The van der Waals surface area contributed by atoms with Crippen molar-refractivity contribution >= 4 is 35.2 Å². The number of para-hydroxylation sites is 1. The molecule has 0 aromatic heterocycles. The van der Waals surface area contributed by atoms with E-state index < -0.39 is 28.7 Å². The monoisotopic (exact) mass is 567 g/mol. The normalized spacial score (nSPS) is 27.5. The Kier molecular flexibility index (Phi) is 9.83. The Hall–Kier alpha value is -2.58. The number of thioether (sulfide) groups is 1. The van der Waals surface area contributed by atoms with Gasteiger partial charge in [0.05, 0.1) is 29.2 Å². The summed E-state index contributed by atoms with van der Waals surface area (Å²) in [5, 5.41) is 10.4. The number of amides is 3. The Morgan fingerprint density at radius 2 is 1.85 bits per heavy atom. The zero-order chi connectivity index (χ0) is 29.0. The number of carbonyl (C=O) groups is 3. The second-order valence-corrected chi connectivity index (χ2v) is 13.2.